The molecule has 0 bridgehead atoms. The number of piperazine rings is 1. The Balaban J connectivity index is 1.60. The van der Waals surface area contributed by atoms with Gasteiger partial charge in [-0.2, -0.15) is 0 Å². The maximum Gasteiger partial charge on any atom is 0.253 e. The van der Waals surface area contributed by atoms with E-state index in [2.05, 4.69) is 4.72 Å². The molecule has 0 saturated carbocycles. The molecule has 3 rings (SSSR count). The molecule has 1 aliphatic heterocycles. The highest BCUT2D eigenvalue weighted by atomic mass is 32.2. The Labute approximate surface area is 181 Å². The van der Waals surface area contributed by atoms with Crippen LogP contribution in [0.1, 0.15) is 42.2 Å². The number of anilines is 1. The molecular formula is C22H27F2N3O3S. The van der Waals surface area contributed by atoms with Crippen molar-refractivity contribution in [1.29, 1.82) is 0 Å². The molecule has 0 aromatic heterocycles. The third-order valence-electron chi connectivity index (χ3n) is 5.44. The number of sulfonamides is 1. The van der Waals surface area contributed by atoms with E-state index in [4.69, 9.17) is 0 Å². The normalized spacial score (nSPS) is 16.2. The Hall–Kier alpha value is -2.52. The Morgan fingerprint density at radius 2 is 1.61 bits per heavy atom. The molecule has 0 spiro atoms. The molecule has 1 heterocycles. The van der Waals surface area contributed by atoms with E-state index in [1.54, 1.807) is 43.0 Å². The van der Waals surface area contributed by atoms with Crippen molar-refractivity contribution in [3.63, 3.8) is 0 Å². The summed E-state index contributed by atoms with van der Waals surface area (Å²) in [5, 5.41) is 0. The second-order valence-corrected chi connectivity index (χ2v) is 9.48. The predicted octanol–water partition coefficient (Wildman–Crippen LogP) is 3.64. The molecule has 0 radical (unpaired) electrons. The van der Waals surface area contributed by atoms with Crippen LogP contribution in [-0.2, 0) is 10.0 Å². The number of halogens is 2. The lowest BCUT2D eigenvalue weighted by Gasteiger charge is -2.38. The first-order valence-electron chi connectivity index (χ1n) is 10.3. The van der Waals surface area contributed by atoms with Crippen LogP contribution < -0.4 is 4.72 Å². The summed E-state index contributed by atoms with van der Waals surface area (Å²) in [5.41, 5.74) is 0.916. The first kappa shape index (κ1) is 23.1. The van der Waals surface area contributed by atoms with Crippen LogP contribution in [0.2, 0.25) is 0 Å². The Morgan fingerprint density at radius 1 is 1.03 bits per heavy atom. The van der Waals surface area contributed by atoms with Crippen molar-refractivity contribution in [1.82, 2.24) is 9.80 Å². The molecule has 6 nitrogen and oxygen atoms in total. The number of carbonyl (C=O) groups excluding carboxylic acids is 1. The summed E-state index contributed by atoms with van der Waals surface area (Å²) in [5.74, 6) is -1.26. The van der Waals surface area contributed by atoms with Crippen LogP contribution in [0.25, 0.3) is 0 Å². The SMILES string of the molecule is CCCS(=O)(=O)Nc1ccc(C(=O)N2CCN(C(C)c3c(F)cccc3F)CC2)cc1. The summed E-state index contributed by atoms with van der Waals surface area (Å²) >= 11 is 0. The second kappa shape index (κ2) is 9.74. The third kappa shape index (κ3) is 5.59. The van der Waals surface area contributed by atoms with Gasteiger partial charge in [0.2, 0.25) is 10.0 Å². The Kier molecular flexibility index (Phi) is 7.27. The number of rotatable bonds is 7. The fourth-order valence-corrected chi connectivity index (χ4v) is 4.90. The van der Waals surface area contributed by atoms with E-state index in [-0.39, 0.29) is 17.2 Å². The van der Waals surface area contributed by atoms with Crippen LogP contribution in [0.5, 0.6) is 0 Å². The summed E-state index contributed by atoms with van der Waals surface area (Å²) in [4.78, 5) is 16.4. The van der Waals surface area contributed by atoms with E-state index in [1.165, 1.54) is 18.2 Å². The van der Waals surface area contributed by atoms with Crippen molar-refractivity contribution in [2.45, 2.75) is 26.3 Å². The first-order chi connectivity index (χ1) is 14.7. The standard InChI is InChI=1S/C22H27F2N3O3S/c1-3-15-31(29,30)25-18-9-7-17(8-10-18)22(28)27-13-11-26(12-14-27)16(2)21-19(23)5-4-6-20(21)24/h4-10,16,25H,3,11-15H2,1-2H3. The Morgan fingerprint density at radius 3 is 2.16 bits per heavy atom. The average molecular weight is 452 g/mol. The lowest BCUT2D eigenvalue weighted by atomic mass is 10.0. The average Bonchev–Trinajstić information content (AvgIpc) is 2.73. The molecule has 1 unspecified atom stereocenters. The van der Waals surface area contributed by atoms with Gasteiger partial charge in [0.05, 0.1) is 5.75 Å². The van der Waals surface area contributed by atoms with Crippen LogP contribution in [0.15, 0.2) is 42.5 Å². The fourth-order valence-electron chi connectivity index (χ4n) is 3.77. The topological polar surface area (TPSA) is 69.7 Å². The van der Waals surface area contributed by atoms with Gasteiger partial charge in [0, 0.05) is 49.0 Å². The fraction of sp³-hybridized carbons (Fsp3) is 0.409. The van der Waals surface area contributed by atoms with E-state index < -0.39 is 27.7 Å². The summed E-state index contributed by atoms with van der Waals surface area (Å²) < 4.78 is 54.4. The van der Waals surface area contributed by atoms with Crippen LogP contribution in [-0.4, -0.2) is 56.1 Å². The summed E-state index contributed by atoms with van der Waals surface area (Å²) in [6.07, 6.45) is 0.514. The lowest BCUT2D eigenvalue weighted by Crippen LogP contribution is -2.49. The van der Waals surface area contributed by atoms with Gasteiger partial charge in [0.25, 0.3) is 5.91 Å². The van der Waals surface area contributed by atoms with Crippen molar-refractivity contribution >= 4 is 21.6 Å². The van der Waals surface area contributed by atoms with Gasteiger partial charge in [0.15, 0.2) is 0 Å². The van der Waals surface area contributed by atoms with Gasteiger partial charge in [-0.05, 0) is 49.7 Å². The first-order valence-corrected chi connectivity index (χ1v) is 11.9. The zero-order valence-electron chi connectivity index (χ0n) is 17.6. The van der Waals surface area contributed by atoms with Gasteiger partial charge >= 0.3 is 0 Å². The summed E-state index contributed by atoms with van der Waals surface area (Å²) in [6.45, 7) is 5.41. The molecule has 1 saturated heterocycles. The van der Waals surface area contributed by atoms with Crippen LogP contribution in [0.4, 0.5) is 14.5 Å². The molecule has 2 aromatic rings. The molecule has 1 fully saturated rings. The largest absolute Gasteiger partial charge is 0.336 e. The van der Waals surface area contributed by atoms with Crippen molar-refractivity contribution < 1.29 is 22.0 Å². The molecule has 168 valence electrons. The smallest absolute Gasteiger partial charge is 0.253 e. The molecule has 1 amide bonds. The minimum Gasteiger partial charge on any atom is -0.336 e. The molecule has 1 N–H and O–H groups in total. The maximum atomic E-state index is 14.1. The van der Waals surface area contributed by atoms with Crippen molar-refractivity contribution in [2.24, 2.45) is 0 Å². The number of nitrogens with zero attached hydrogens (tertiary/aromatic N) is 2. The number of benzene rings is 2. The number of nitrogens with one attached hydrogen (secondary N) is 1. The molecule has 9 heteroatoms. The van der Waals surface area contributed by atoms with Crippen LogP contribution in [0, 0.1) is 11.6 Å². The lowest BCUT2D eigenvalue weighted by molar-refractivity contribution is 0.0576. The monoisotopic (exact) mass is 451 g/mol. The number of hydrogen-bond donors (Lipinski definition) is 1. The zero-order chi connectivity index (χ0) is 22.6. The van der Waals surface area contributed by atoms with Crippen molar-refractivity contribution in [3.05, 3.63) is 65.2 Å². The predicted molar refractivity (Wildman–Crippen MR) is 116 cm³/mol. The highest BCUT2D eigenvalue weighted by Gasteiger charge is 2.28. The van der Waals surface area contributed by atoms with E-state index in [0.29, 0.717) is 43.9 Å². The van der Waals surface area contributed by atoms with E-state index >= 15 is 0 Å². The minimum absolute atomic E-state index is 0.0349. The quantitative estimate of drug-likeness (QED) is 0.698. The molecule has 1 aliphatic rings. The van der Waals surface area contributed by atoms with Gasteiger partial charge in [-0.3, -0.25) is 14.4 Å². The zero-order valence-corrected chi connectivity index (χ0v) is 18.5. The van der Waals surface area contributed by atoms with E-state index in [9.17, 15) is 22.0 Å². The molecule has 0 aliphatic carbocycles. The van der Waals surface area contributed by atoms with Gasteiger partial charge < -0.3 is 4.90 Å². The number of amides is 1. The summed E-state index contributed by atoms with van der Waals surface area (Å²) in [6, 6.07) is 9.73. The highest BCUT2D eigenvalue weighted by Crippen LogP contribution is 2.27. The van der Waals surface area contributed by atoms with Gasteiger partial charge in [-0.1, -0.05) is 13.0 Å². The minimum atomic E-state index is -3.39. The second-order valence-electron chi connectivity index (χ2n) is 7.64. The molecule has 1 atom stereocenters. The number of hydrogen-bond acceptors (Lipinski definition) is 4. The highest BCUT2D eigenvalue weighted by molar-refractivity contribution is 7.92. The van der Waals surface area contributed by atoms with Crippen molar-refractivity contribution in [3.8, 4) is 0 Å². The van der Waals surface area contributed by atoms with Gasteiger partial charge in [0.1, 0.15) is 11.6 Å². The Bertz CT molecular complexity index is 1000. The summed E-state index contributed by atoms with van der Waals surface area (Å²) in [7, 11) is -3.39. The third-order valence-corrected chi connectivity index (χ3v) is 6.94. The molecular weight excluding hydrogens is 424 g/mol. The van der Waals surface area contributed by atoms with Crippen LogP contribution >= 0.6 is 0 Å². The van der Waals surface area contributed by atoms with Gasteiger partial charge in [-0.15, -0.1) is 0 Å². The molecule has 31 heavy (non-hydrogen) atoms. The van der Waals surface area contributed by atoms with Crippen molar-refractivity contribution in [2.75, 3.05) is 36.7 Å². The van der Waals surface area contributed by atoms with E-state index in [1.807, 2.05) is 4.90 Å². The number of carbonyl (C=O) groups is 1. The molecule has 2 aromatic carbocycles. The van der Waals surface area contributed by atoms with Gasteiger partial charge in [-0.25, -0.2) is 17.2 Å². The van der Waals surface area contributed by atoms with Crippen LogP contribution in [0.3, 0.4) is 0 Å². The maximum absolute atomic E-state index is 14.1. The van der Waals surface area contributed by atoms with E-state index in [0.717, 1.165) is 0 Å².